The number of isocyanates is 2. The van der Waals surface area contributed by atoms with Gasteiger partial charge in [-0.3, -0.25) is 0 Å². The first kappa shape index (κ1) is 11.8. The summed E-state index contributed by atoms with van der Waals surface area (Å²) in [6, 6.07) is -0.244. The lowest BCUT2D eigenvalue weighted by molar-refractivity contribution is 0.147. The minimum absolute atomic E-state index is 0.122. The fourth-order valence-corrected chi connectivity index (χ4v) is 2.27. The van der Waals surface area contributed by atoms with Gasteiger partial charge in [0.05, 0.1) is 12.1 Å². The molecule has 0 aromatic carbocycles. The quantitative estimate of drug-likeness (QED) is 0.523. The lowest BCUT2D eigenvalue weighted by atomic mass is 9.67. The summed E-state index contributed by atoms with van der Waals surface area (Å²) in [6.45, 7) is 5.83. The summed E-state index contributed by atoms with van der Waals surface area (Å²) in [5, 5.41) is 0. The maximum Gasteiger partial charge on any atom is 0.235 e. The molecule has 0 amide bonds. The molecule has 0 heterocycles. The highest BCUT2D eigenvalue weighted by Gasteiger charge is 2.43. The van der Waals surface area contributed by atoms with Crippen molar-refractivity contribution >= 4 is 12.2 Å². The minimum Gasteiger partial charge on any atom is -0.211 e. The molecule has 2 unspecified atom stereocenters. The Hall–Kier alpha value is -1.24. The molecular weight excluding hydrogens is 192 g/mol. The number of rotatable bonds is 3. The van der Waals surface area contributed by atoms with Gasteiger partial charge in [0.2, 0.25) is 12.2 Å². The normalized spacial score (nSPS) is 35.1. The highest BCUT2D eigenvalue weighted by atomic mass is 16.1. The Labute approximate surface area is 89.5 Å². The predicted molar refractivity (Wildman–Crippen MR) is 55.8 cm³/mol. The summed E-state index contributed by atoms with van der Waals surface area (Å²) >= 11 is 0. The van der Waals surface area contributed by atoms with Gasteiger partial charge in [-0.05, 0) is 25.7 Å². The first-order valence-corrected chi connectivity index (χ1v) is 5.12. The van der Waals surface area contributed by atoms with Gasteiger partial charge in [0.25, 0.3) is 0 Å². The molecule has 4 nitrogen and oxygen atoms in total. The van der Waals surface area contributed by atoms with Crippen LogP contribution < -0.4 is 0 Å². The van der Waals surface area contributed by atoms with Crippen molar-refractivity contribution in [2.75, 3.05) is 0 Å². The van der Waals surface area contributed by atoms with Crippen molar-refractivity contribution in [2.24, 2.45) is 15.4 Å². The van der Waals surface area contributed by atoms with Gasteiger partial charge in [-0.15, -0.1) is 0 Å². The van der Waals surface area contributed by atoms with Crippen LogP contribution >= 0.6 is 0 Å². The largest absolute Gasteiger partial charge is 0.235 e. The molecule has 0 spiro atoms. The third kappa shape index (κ3) is 2.23. The fourth-order valence-electron chi connectivity index (χ4n) is 2.27. The van der Waals surface area contributed by atoms with E-state index >= 15 is 0 Å². The molecule has 0 N–H and O–H groups in total. The van der Waals surface area contributed by atoms with Crippen LogP contribution in [0.5, 0.6) is 0 Å². The second-order valence-electron chi connectivity index (χ2n) is 4.16. The molecule has 15 heavy (non-hydrogen) atoms. The van der Waals surface area contributed by atoms with Crippen LogP contribution in [0.1, 0.15) is 32.6 Å². The average Bonchev–Trinajstić information content (AvgIpc) is 2.25. The maximum absolute atomic E-state index is 10.3. The van der Waals surface area contributed by atoms with Gasteiger partial charge in [-0.25, -0.2) is 19.6 Å². The molecule has 1 aliphatic rings. The monoisotopic (exact) mass is 207 g/mol. The first-order valence-electron chi connectivity index (χ1n) is 5.12. The zero-order chi connectivity index (χ0) is 11.3. The van der Waals surface area contributed by atoms with Crippen LogP contribution in [0.3, 0.4) is 0 Å². The molecule has 2 atom stereocenters. The van der Waals surface area contributed by atoms with Crippen LogP contribution in [0.2, 0.25) is 0 Å². The summed E-state index contributed by atoms with van der Waals surface area (Å²) in [4.78, 5) is 28.3. The van der Waals surface area contributed by atoms with Crippen molar-refractivity contribution in [3.63, 3.8) is 0 Å². The molecule has 1 fully saturated rings. The molecule has 1 saturated carbocycles. The van der Waals surface area contributed by atoms with Crippen LogP contribution in [0, 0.1) is 12.3 Å². The summed E-state index contributed by atoms with van der Waals surface area (Å²) in [5.74, 6) is 0. The number of carbonyl (C=O) groups excluding carboxylic acids is 2. The summed E-state index contributed by atoms with van der Waals surface area (Å²) in [6.07, 6.45) is 6.39. The fraction of sp³-hybridized carbons (Fsp3) is 0.727. The molecule has 0 aliphatic heterocycles. The van der Waals surface area contributed by atoms with Gasteiger partial charge in [-0.1, -0.05) is 13.8 Å². The van der Waals surface area contributed by atoms with Gasteiger partial charge in [0.15, 0.2) is 0 Å². The van der Waals surface area contributed by atoms with E-state index in [0.717, 1.165) is 19.3 Å². The second kappa shape index (κ2) is 5.01. The van der Waals surface area contributed by atoms with E-state index in [9.17, 15) is 9.59 Å². The third-order valence-corrected chi connectivity index (χ3v) is 3.43. The predicted octanol–water partition coefficient (Wildman–Crippen LogP) is 1.81. The van der Waals surface area contributed by atoms with Crippen molar-refractivity contribution in [1.82, 2.24) is 0 Å². The number of aliphatic imine (C=N–C) groups is 2. The molecular formula is C11H15N2O2. The standard InChI is InChI=1S/C11H15N2O2/c1-3-11(2)9(12-7-14)5-4-6-10(11)13-8-15/h9-10H,1,3-6H2,2H3. The molecule has 4 heteroatoms. The number of hydrogen-bond donors (Lipinski definition) is 0. The van der Waals surface area contributed by atoms with Crippen molar-refractivity contribution in [3.05, 3.63) is 6.92 Å². The SMILES string of the molecule is [CH2]CC1(C)C(N=C=O)CCCC1N=C=O. The number of nitrogens with zero attached hydrogens (tertiary/aromatic N) is 2. The van der Waals surface area contributed by atoms with Gasteiger partial charge < -0.3 is 0 Å². The summed E-state index contributed by atoms with van der Waals surface area (Å²) in [5.41, 5.74) is -0.312. The molecule has 0 aromatic rings. The van der Waals surface area contributed by atoms with Crippen LogP contribution in [-0.2, 0) is 9.59 Å². The van der Waals surface area contributed by atoms with Crippen molar-refractivity contribution < 1.29 is 9.59 Å². The Morgan fingerprint density at radius 1 is 1.27 bits per heavy atom. The Morgan fingerprint density at radius 3 is 2.07 bits per heavy atom. The Balaban J connectivity index is 3.00. The second-order valence-corrected chi connectivity index (χ2v) is 4.16. The van der Waals surface area contributed by atoms with E-state index in [1.54, 1.807) is 12.2 Å². The van der Waals surface area contributed by atoms with Crippen molar-refractivity contribution in [3.8, 4) is 0 Å². The zero-order valence-corrected chi connectivity index (χ0v) is 8.90. The number of hydrogen-bond acceptors (Lipinski definition) is 4. The zero-order valence-electron chi connectivity index (χ0n) is 8.90. The summed E-state index contributed by atoms with van der Waals surface area (Å²) < 4.78 is 0. The highest BCUT2D eigenvalue weighted by Crippen LogP contribution is 2.42. The smallest absolute Gasteiger partial charge is 0.211 e. The molecule has 0 saturated heterocycles. The summed E-state index contributed by atoms with van der Waals surface area (Å²) in [7, 11) is 0. The van der Waals surface area contributed by atoms with E-state index in [4.69, 9.17) is 0 Å². The van der Waals surface area contributed by atoms with Gasteiger partial charge in [0, 0.05) is 5.41 Å². The molecule has 1 radical (unpaired) electrons. The molecule has 81 valence electrons. The van der Waals surface area contributed by atoms with Gasteiger partial charge >= 0.3 is 0 Å². The lowest BCUT2D eigenvalue weighted by Crippen LogP contribution is -2.44. The van der Waals surface area contributed by atoms with E-state index in [0.29, 0.717) is 6.42 Å². The van der Waals surface area contributed by atoms with Crippen LogP contribution in [-0.4, -0.2) is 24.2 Å². The Bertz CT molecular complexity index is 289. The van der Waals surface area contributed by atoms with Crippen LogP contribution in [0.25, 0.3) is 0 Å². The van der Waals surface area contributed by atoms with Crippen LogP contribution in [0.4, 0.5) is 0 Å². The molecule has 1 aliphatic carbocycles. The van der Waals surface area contributed by atoms with E-state index in [1.165, 1.54) is 0 Å². The van der Waals surface area contributed by atoms with E-state index in [-0.39, 0.29) is 17.5 Å². The third-order valence-electron chi connectivity index (χ3n) is 3.43. The molecule has 0 aromatic heterocycles. The Kier molecular flexibility index (Phi) is 3.96. The van der Waals surface area contributed by atoms with Crippen LogP contribution in [0.15, 0.2) is 9.98 Å². The maximum atomic E-state index is 10.3. The van der Waals surface area contributed by atoms with E-state index in [2.05, 4.69) is 16.9 Å². The topological polar surface area (TPSA) is 58.9 Å². The highest BCUT2D eigenvalue weighted by molar-refractivity contribution is 5.36. The van der Waals surface area contributed by atoms with E-state index in [1.807, 2.05) is 6.92 Å². The van der Waals surface area contributed by atoms with Crippen molar-refractivity contribution in [2.45, 2.75) is 44.7 Å². The van der Waals surface area contributed by atoms with Gasteiger partial charge in [0.1, 0.15) is 0 Å². The molecule has 0 bridgehead atoms. The lowest BCUT2D eigenvalue weighted by Gasteiger charge is -2.41. The average molecular weight is 207 g/mol. The molecule has 1 rings (SSSR count). The van der Waals surface area contributed by atoms with Crippen molar-refractivity contribution in [1.29, 1.82) is 0 Å². The van der Waals surface area contributed by atoms with Gasteiger partial charge in [-0.2, -0.15) is 0 Å². The first-order chi connectivity index (χ1) is 7.19. The Morgan fingerprint density at radius 2 is 1.73 bits per heavy atom. The van der Waals surface area contributed by atoms with E-state index < -0.39 is 0 Å². The minimum atomic E-state index is -0.312.